The summed E-state index contributed by atoms with van der Waals surface area (Å²) in [7, 11) is -4.21. The van der Waals surface area contributed by atoms with Gasteiger partial charge in [0.25, 0.3) is 15.6 Å². The largest absolute Gasteiger partial charge is 0.481 e. The van der Waals surface area contributed by atoms with Gasteiger partial charge in [-0.3, -0.25) is 38.3 Å². The Morgan fingerprint density at radius 1 is 0.731 bits per heavy atom. The molecule has 0 radical (unpaired) electrons. The van der Waals surface area contributed by atoms with Crippen LogP contribution in [0.25, 0.3) is 22.3 Å². The number of hydrogen-bond donors (Lipinski definition) is 12. The molecule has 5 heterocycles. The maximum atomic E-state index is 14.5. The lowest BCUT2D eigenvalue weighted by Gasteiger charge is -2.37. The number of hydrogen-bond acceptors (Lipinski definition) is 18. The number of cyclic esters (lactones) is 1. The van der Waals surface area contributed by atoms with E-state index in [4.69, 9.17) is 26.7 Å². The molecule has 6 aromatic rings. The van der Waals surface area contributed by atoms with Crippen molar-refractivity contribution in [1.82, 2.24) is 51.7 Å². The van der Waals surface area contributed by atoms with E-state index >= 15 is 0 Å². The predicted octanol–water partition coefficient (Wildman–Crippen LogP) is 7.33. The number of ether oxygens (including phenoxy) is 2. The van der Waals surface area contributed by atoms with Crippen LogP contribution < -0.4 is 63.4 Å². The first-order valence-electron chi connectivity index (χ1n) is 35.7. The summed E-state index contributed by atoms with van der Waals surface area (Å²) in [5.74, 6) is -7.41. The van der Waals surface area contributed by atoms with E-state index in [1.807, 2.05) is 65.0 Å². The Balaban J connectivity index is 0.767. The summed E-state index contributed by atoms with van der Waals surface area (Å²) in [6.45, 7) is 14.3. The molecule has 0 aliphatic carbocycles. The first-order chi connectivity index (χ1) is 51.4. The number of esters is 2. The fraction of sp³-hybridized carbons (Fsp3) is 0.427. The number of nitrogens with zero attached hydrogens (tertiary/aromatic N) is 3. The van der Waals surface area contributed by atoms with Crippen molar-refractivity contribution in [3.05, 3.63) is 142 Å². The predicted molar refractivity (Wildman–Crippen MR) is 412 cm³/mol. The molecular formula is C75H92N14O16S3. The summed E-state index contributed by atoms with van der Waals surface area (Å²) >= 11 is 7.03. The van der Waals surface area contributed by atoms with Gasteiger partial charge in [-0.25, -0.2) is 32.6 Å². The third-order valence-corrected chi connectivity index (χ3v) is 20.7. The SMILES string of the molecule is CCCNC(=O)Nc1cccc(S(=O)(=O)Nc2cccc(C(CC(=O)O)NC(=O)Nc3ccc(NC(=S)N4CCC[C@@H]4C(=O)N[C@@H](CC(C)C)C(=O)NCC(=O)N[C@H](CC(C)C)C(=O)N[C@H](CSC)C(=O)N[C@@H](C(=O)O[C@@]4(CC)C(=O)OCc5c4cc4n(c5=O)Cc5cc6ccccc6nc5-4)C(C)C)cc3)c2)c1. The fourth-order valence-electron chi connectivity index (χ4n) is 13.0. The number of nitrogens with one attached hydrogen (secondary N) is 11. The Labute approximate surface area is 635 Å². The van der Waals surface area contributed by atoms with Gasteiger partial charge in [-0.15, -0.1) is 0 Å². The summed E-state index contributed by atoms with van der Waals surface area (Å²) in [6.07, 6.45) is 2.97. The standard InChI is InChI=1S/C75H92N14O16S3/c1-10-28-76-72(100)79-49-19-15-21-51(34-49)108(102,103)87-50-20-14-18-45(33-50)55(36-62(91)92)85-73(101)78-47-24-26-48(27-25-47)80-74(106)88-29-16-23-59(88)68(96)83-56(30-41(3)4)65(93)77-37-61(90)81-57(31-42(5)6)66(94)84-58(40-107-9)67(95)86-63(43(7)8)70(98)105-75(11-2)53-35-60-64-46(32-44-17-12-13-22-54(44)82-64)38-89(60)69(97)52(53)39-104-71(75)99/h12-15,17-22,24-27,32-35,41-43,55-59,63,87H,10-11,16,23,28-31,36-40H2,1-9H3,(H,77,93)(H,80,106)(H,81,90)(H,83,96)(H,84,94)(H,86,95)(H,91,92)(H2,76,79,100)(H2,78,85,101)/t55?,56-,57+,58+,59+,63+,75+/m0/s1. The average molecular weight is 1540 g/mol. The molecule has 2 aromatic heterocycles. The number of aliphatic carboxylic acids is 1. The van der Waals surface area contributed by atoms with E-state index in [1.54, 1.807) is 66.8 Å². The van der Waals surface area contributed by atoms with Crippen molar-refractivity contribution >= 4 is 132 Å². The number of aromatic nitrogens is 2. The number of thiocarbonyl (C=S) groups is 1. The molecule has 576 valence electrons. The number of para-hydroxylation sites is 1. The second kappa shape index (κ2) is 36.3. The van der Waals surface area contributed by atoms with Gasteiger partial charge in [-0.2, -0.15) is 11.8 Å². The lowest BCUT2D eigenvalue weighted by atomic mass is 9.85. The number of fused-ring (bicyclic) bond motifs is 5. The summed E-state index contributed by atoms with van der Waals surface area (Å²) in [5, 5.41) is 38.2. The molecule has 0 bridgehead atoms. The molecule has 33 heteroatoms. The normalized spacial score (nSPS) is 16.4. The Kier molecular flexibility index (Phi) is 27.3. The zero-order chi connectivity index (χ0) is 78.3. The molecule has 1 unspecified atom stereocenters. The van der Waals surface area contributed by atoms with Crippen molar-refractivity contribution < 1.29 is 70.9 Å². The third-order valence-electron chi connectivity index (χ3n) is 18.3. The van der Waals surface area contributed by atoms with E-state index in [0.29, 0.717) is 60.6 Å². The number of carbonyl (C=O) groups excluding carboxylic acids is 9. The van der Waals surface area contributed by atoms with Gasteiger partial charge in [-0.05, 0) is 153 Å². The molecule has 9 rings (SSSR count). The molecule has 3 aliphatic heterocycles. The van der Waals surface area contributed by atoms with Crippen LogP contribution in [0.5, 0.6) is 0 Å². The van der Waals surface area contributed by atoms with Gasteiger partial charge < -0.3 is 77.2 Å². The number of pyridine rings is 2. The number of benzene rings is 4. The summed E-state index contributed by atoms with van der Waals surface area (Å²) in [5.41, 5.74) is 1.64. The zero-order valence-electron chi connectivity index (χ0n) is 61.4. The minimum absolute atomic E-state index is 0.0254. The van der Waals surface area contributed by atoms with Crippen molar-refractivity contribution in [1.29, 1.82) is 0 Å². The van der Waals surface area contributed by atoms with Crippen LogP contribution in [-0.2, 0) is 76.6 Å². The number of likely N-dealkylation sites (tertiary alicyclic amines) is 1. The van der Waals surface area contributed by atoms with Crippen LogP contribution in [0.2, 0.25) is 0 Å². The number of carboxylic acid groups (broad SMARTS) is 1. The van der Waals surface area contributed by atoms with Crippen LogP contribution in [0.15, 0.2) is 119 Å². The molecule has 0 saturated carbocycles. The van der Waals surface area contributed by atoms with Crippen molar-refractivity contribution in [3.8, 4) is 11.4 Å². The van der Waals surface area contributed by atoms with Crippen molar-refractivity contribution in [3.63, 3.8) is 0 Å². The maximum absolute atomic E-state index is 14.5. The number of urea groups is 2. The molecular weight excluding hydrogens is 1450 g/mol. The Morgan fingerprint density at radius 2 is 1.40 bits per heavy atom. The van der Waals surface area contributed by atoms with Gasteiger partial charge in [0.1, 0.15) is 36.8 Å². The van der Waals surface area contributed by atoms with Crippen LogP contribution in [-0.4, -0.2) is 154 Å². The fourth-order valence-corrected chi connectivity index (χ4v) is 15.0. The molecule has 7 atom stereocenters. The average Bonchev–Trinajstić information content (AvgIpc) is 1.45. The van der Waals surface area contributed by atoms with Gasteiger partial charge in [0.15, 0.2) is 5.11 Å². The van der Waals surface area contributed by atoms with Crippen LogP contribution >= 0.6 is 24.0 Å². The van der Waals surface area contributed by atoms with E-state index in [1.165, 1.54) is 60.3 Å². The van der Waals surface area contributed by atoms with Gasteiger partial charge in [0.05, 0.1) is 52.9 Å². The Morgan fingerprint density at radius 3 is 2.07 bits per heavy atom. The minimum atomic E-state index is -4.21. The lowest BCUT2D eigenvalue weighted by Crippen LogP contribution is -2.59. The highest BCUT2D eigenvalue weighted by atomic mass is 32.2. The molecule has 0 spiro atoms. The minimum Gasteiger partial charge on any atom is -0.481 e. The van der Waals surface area contributed by atoms with Crippen molar-refractivity contribution in [2.45, 2.75) is 160 Å². The van der Waals surface area contributed by atoms with E-state index in [-0.39, 0.29) is 88.1 Å². The van der Waals surface area contributed by atoms with Crippen LogP contribution in [0.4, 0.5) is 32.3 Å². The second-order valence-corrected chi connectivity index (χ2v) is 30.8. The van der Waals surface area contributed by atoms with Crippen LogP contribution in [0, 0.1) is 17.8 Å². The number of thioether (sulfide) groups is 1. The molecule has 30 nitrogen and oxygen atoms in total. The van der Waals surface area contributed by atoms with E-state index < -0.39 is 136 Å². The highest BCUT2D eigenvalue weighted by Crippen LogP contribution is 2.42. The highest BCUT2D eigenvalue weighted by Gasteiger charge is 2.52. The first-order valence-corrected chi connectivity index (χ1v) is 39.0. The zero-order valence-corrected chi connectivity index (χ0v) is 63.9. The summed E-state index contributed by atoms with van der Waals surface area (Å²) in [4.78, 5) is 157. The number of amides is 9. The van der Waals surface area contributed by atoms with Gasteiger partial charge in [-0.1, -0.05) is 91.8 Å². The Bertz CT molecular complexity index is 4600. The number of sulfonamides is 1. The van der Waals surface area contributed by atoms with Crippen molar-refractivity contribution in [2.75, 3.05) is 52.3 Å². The number of carbonyl (C=O) groups is 10. The third kappa shape index (κ3) is 20.3. The van der Waals surface area contributed by atoms with Crippen LogP contribution in [0.3, 0.4) is 0 Å². The second-order valence-electron chi connectivity index (χ2n) is 27.8. The molecule has 108 heavy (non-hydrogen) atoms. The lowest BCUT2D eigenvalue weighted by molar-refractivity contribution is -0.191. The monoisotopic (exact) mass is 1540 g/mol. The number of anilines is 4. The van der Waals surface area contributed by atoms with E-state index in [2.05, 4.69) is 57.9 Å². The van der Waals surface area contributed by atoms with E-state index in [9.17, 15) is 66.3 Å². The number of carboxylic acids is 1. The van der Waals surface area contributed by atoms with Gasteiger partial charge in [0, 0.05) is 58.1 Å². The quantitative estimate of drug-likeness (QED) is 0.0145. The number of rotatable bonds is 32. The highest BCUT2D eigenvalue weighted by molar-refractivity contribution is 7.98. The van der Waals surface area contributed by atoms with Gasteiger partial charge >= 0.3 is 30.0 Å². The molecule has 9 amide bonds. The maximum Gasteiger partial charge on any atom is 0.355 e. The summed E-state index contributed by atoms with van der Waals surface area (Å²) in [6, 6.07) is 20.9. The molecule has 3 aliphatic rings. The summed E-state index contributed by atoms with van der Waals surface area (Å²) < 4.78 is 42.7. The Hall–Kier alpha value is -10.7. The molecule has 1 fully saturated rings. The van der Waals surface area contributed by atoms with Crippen LogP contribution in [0.1, 0.15) is 129 Å². The van der Waals surface area contributed by atoms with Crippen molar-refractivity contribution in [2.24, 2.45) is 17.8 Å². The molecule has 4 aromatic carbocycles. The smallest absolute Gasteiger partial charge is 0.355 e. The topological polar surface area (TPSA) is 414 Å². The molecule has 12 N–H and O–H groups in total. The van der Waals surface area contributed by atoms with E-state index in [0.717, 1.165) is 10.9 Å². The molecule has 1 saturated heterocycles. The van der Waals surface area contributed by atoms with Gasteiger partial charge in [0.2, 0.25) is 35.1 Å². The first kappa shape index (κ1) is 81.4.